The molecular weight excluding hydrogens is 256 g/mol. The molecule has 18 heavy (non-hydrogen) atoms. The Kier molecular flexibility index (Phi) is 4.54. The maximum atomic E-state index is 5.90. The van der Waals surface area contributed by atoms with E-state index in [0.717, 1.165) is 19.5 Å². The SMILES string of the molecule is CCC(C)Oc1nc(Cl)nc(N2CCOCC2)n1. The van der Waals surface area contributed by atoms with Gasteiger partial charge in [0.05, 0.1) is 19.3 Å². The van der Waals surface area contributed by atoms with E-state index in [1.807, 2.05) is 18.7 Å². The molecule has 1 aromatic rings. The summed E-state index contributed by atoms with van der Waals surface area (Å²) >= 11 is 5.90. The lowest BCUT2D eigenvalue weighted by molar-refractivity contribution is 0.121. The van der Waals surface area contributed by atoms with Crippen molar-refractivity contribution < 1.29 is 9.47 Å². The van der Waals surface area contributed by atoms with Crippen molar-refractivity contribution >= 4 is 17.5 Å². The molecule has 0 amide bonds. The molecule has 0 bridgehead atoms. The number of ether oxygens (including phenoxy) is 2. The molecule has 0 aliphatic carbocycles. The Balaban J connectivity index is 2.14. The topological polar surface area (TPSA) is 60.4 Å². The molecule has 2 rings (SSSR count). The van der Waals surface area contributed by atoms with Gasteiger partial charge < -0.3 is 14.4 Å². The summed E-state index contributed by atoms with van der Waals surface area (Å²) in [6, 6.07) is 0.283. The van der Waals surface area contributed by atoms with Gasteiger partial charge >= 0.3 is 6.01 Å². The molecule has 1 saturated heterocycles. The summed E-state index contributed by atoms with van der Waals surface area (Å²) in [5.41, 5.74) is 0. The van der Waals surface area contributed by atoms with Gasteiger partial charge in [0, 0.05) is 13.1 Å². The molecule has 100 valence electrons. The molecule has 0 spiro atoms. The molecule has 1 aliphatic heterocycles. The van der Waals surface area contributed by atoms with Crippen LogP contribution in [0.15, 0.2) is 0 Å². The Morgan fingerprint density at radius 3 is 2.72 bits per heavy atom. The van der Waals surface area contributed by atoms with Gasteiger partial charge in [0.25, 0.3) is 0 Å². The van der Waals surface area contributed by atoms with Gasteiger partial charge in [-0.05, 0) is 24.9 Å². The number of hydrogen-bond donors (Lipinski definition) is 0. The highest BCUT2D eigenvalue weighted by atomic mass is 35.5. The molecule has 0 saturated carbocycles. The highest BCUT2D eigenvalue weighted by Gasteiger charge is 2.17. The zero-order valence-electron chi connectivity index (χ0n) is 10.6. The number of hydrogen-bond acceptors (Lipinski definition) is 6. The number of aromatic nitrogens is 3. The number of halogens is 1. The first kappa shape index (κ1) is 13.3. The molecule has 1 aromatic heterocycles. The van der Waals surface area contributed by atoms with E-state index >= 15 is 0 Å². The van der Waals surface area contributed by atoms with Gasteiger partial charge in [-0.1, -0.05) is 6.92 Å². The molecule has 6 nitrogen and oxygen atoms in total. The summed E-state index contributed by atoms with van der Waals surface area (Å²) < 4.78 is 10.9. The Hall–Kier alpha value is -1.14. The molecule has 1 atom stereocenters. The van der Waals surface area contributed by atoms with Gasteiger partial charge in [0.15, 0.2) is 0 Å². The van der Waals surface area contributed by atoms with Crippen LogP contribution in [-0.2, 0) is 4.74 Å². The molecule has 0 N–H and O–H groups in total. The molecular formula is C11H17ClN4O2. The maximum Gasteiger partial charge on any atom is 0.322 e. The van der Waals surface area contributed by atoms with Crippen LogP contribution in [0.4, 0.5) is 5.95 Å². The Labute approximate surface area is 111 Å². The zero-order valence-corrected chi connectivity index (χ0v) is 11.4. The molecule has 0 aromatic carbocycles. The predicted octanol–water partition coefficient (Wildman–Crippen LogP) is 1.54. The number of anilines is 1. The Morgan fingerprint density at radius 2 is 2.06 bits per heavy atom. The van der Waals surface area contributed by atoms with Crippen LogP contribution in [0.2, 0.25) is 5.28 Å². The second-order valence-corrected chi connectivity index (χ2v) is 4.46. The van der Waals surface area contributed by atoms with Crippen LogP contribution in [0.3, 0.4) is 0 Å². The van der Waals surface area contributed by atoms with Crippen molar-refractivity contribution in [2.45, 2.75) is 26.4 Å². The van der Waals surface area contributed by atoms with Gasteiger partial charge in [-0.15, -0.1) is 0 Å². The minimum absolute atomic E-state index is 0.0565. The summed E-state index contributed by atoms with van der Waals surface area (Å²) in [5.74, 6) is 0.552. The second-order valence-electron chi connectivity index (χ2n) is 4.12. The molecule has 1 fully saturated rings. The van der Waals surface area contributed by atoms with E-state index in [1.54, 1.807) is 0 Å². The minimum Gasteiger partial charge on any atom is -0.460 e. The third-order valence-corrected chi connectivity index (χ3v) is 2.92. The number of rotatable bonds is 4. The van der Waals surface area contributed by atoms with Crippen molar-refractivity contribution in [3.8, 4) is 6.01 Å². The van der Waals surface area contributed by atoms with Crippen molar-refractivity contribution in [1.29, 1.82) is 0 Å². The van der Waals surface area contributed by atoms with Crippen molar-refractivity contribution in [2.75, 3.05) is 31.2 Å². The zero-order chi connectivity index (χ0) is 13.0. The molecule has 7 heteroatoms. The lowest BCUT2D eigenvalue weighted by Crippen LogP contribution is -2.37. The highest BCUT2D eigenvalue weighted by molar-refractivity contribution is 6.28. The first-order valence-electron chi connectivity index (χ1n) is 6.10. The van der Waals surface area contributed by atoms with E-state index < -0.39 is 0 Å². The number of nitrogens with zero attached hydrogens (tertiary/aromatic N) is 4. The van der Waals surface area contributed by atoms with Crippen LogP contribution < -0.4 is 9.64 Å². The van der Waals surface area contributed by atoms with Gasteiger partial charge in [-0.3, -0.25) is 0 Å². The van der Waals surface area contributed by atoms with E-state index in [9.17, 15) is 0 Å². The van der Waals surface area contributed by atoms with E-state index in [-0.39, 0.29) is 17.4 Å². The van der Waals surface area contributed by atoms with Gasteiger partial charge in [-0.25, -0.2) is 0 Å². The van der Waals surface area contributed by atoms with E-state index in [4.69, 9.17) is 21.1 Å². The van der Waals surface area contributed by atoms with Crippen LogP contribution in [-0.4, -0.2) is 47.4 Å². The summed E-state index contributed by atoms with van der Waals surface area (Å²) in [6.45, 7) is 6.85. The summed E-state index contributed by atoms with van der Waals surface area (Å²) in [7, 11) is 0. The Morgan fingerprint density at radius 1 is 1.33 bits per heavy atom. The molecule has 2 heterocycles. The van der Waals surface area contributed by atoms with Crippen molar-refractivity contribution in [3.63, 3.8) is 0 Å². The maximum absolute atomic E-state index is 5.90. The minimum atomic E-state index is 0.0565. The average molecular weight is 273 g/mol. The van der Waals surface area contributed by atoms with Crippen LogP contribution in [0.25, 0.3) is 0 Å². The van der Waals surface area contributed by atoms with E-state index in [2.05, 4.69) is 15.0 Å². The van der Waals surface area contributed by atoms with Crippen LogP contribution >= 0.6 is 11.6 Å². The molecule has 1 aliphatic rings. The smallest absolute Gasteiger partial charge is 0.322 e. The van der Waals surface area contributed by atoms with Gasteiger partial charge in [-0.2, -0.15) is 15.0 Å². The molecule has 0 radical (unpaired) electrons. The van der Waals surface area contributed by atoms with Crippen LogP contribution in [0.1, 0.15) is 20.3 Å². The molecule has 1 unspecified atom stereocenters. The fourth-order valence-corrected chi connectivity index (χ4v) is 1.69. The van der Waals surface area contributed by atoms with E-state index in [1.165, 1.54) is 0 Å². The largest absolute Gasteiger partial charge is 0.460 e. The first-order chi connectivity index (χ1) is 8.69. The second kappa shape index (κ2) is 6.15. The lowest BCUT2D eigenvalue weighted by Gasteiger charge is -2.26. The highest BCUT2D eigenvalue weighted by Crippen LogP contribution is 2.17. The number of morpholine rings is 1. The monoisotopic (exact) mass is 272 g/mol. The summed E-state index contributed by atoms with van der Waals surface area (Å²) in [4.78, 5) is 14.4. The third-order valence-electron chi connectivity index (χ3n) is 2.75. The Bertz CT molecular complexity index is 399. The van der Waals surface area contributed by atoms with Crippen LogP contribution in [0.5, 0.6) is 6.01 Å². The standard InChI is InChI=1S/C11H17ClN4O2/c1-3-8(2)18-11-14-9(12)13-10(15-11)16-4-6-17-7-5-16/h8H,3-7H2,1-2H3. The fraction of sp³-hybridized carbons (Fsp3) is 0.727. The summed E-state index contributed by atoms with van der Waals surface area (Å²) in [5, 5.41) is 0.157. The normalized spacial score (nSPS) is 17.6. The summed E-state index contributed by atoms with van der Waals surface area (Å²) in [6.07, 6.45) is 0.942. The fourth-order valence-electron chi connectivity index (χ4n) is 1.54. The first-order valence-corrected chi connectivity index (χ1v) is 6.47. The average Bonchev–Trinajstić information content (AvgIpc) is 2.39. The lowest BCUT2D eigenvalue weighted by atomic mass is 10.3. The third kappa shape index (κ3) is 3.43. The predicted molar refractivity (Wildman–Crippen MR) is 68.3 cm³/mol. The van der Waals surface area contributed by atoms with Gasteiger partial charge in [0.1, 0.15) is 0 Å². The van der Waals surface area contributed by atoms with Crippen molar-refractivity contribution in [1.82, 2.24) is 15.0 Å². The van der Waals surface area contributed by atoms with Gasteiger partial charge in [0.2, 0.25) is 11.2 Å². The van der Waals surface area contributed by atoms with Crippen molar-refractivity contribution in [3.05, 3.63) is 5.28 Å². The van der Waals surface area contributed by atoms with Crippen LogP contribution in [0, 0.1) is 0 Å². The van der Waals surface area contributed by atoms with Crippen molar-refractivity contribution in [2.24, 2.45) is 0 Å². The quantitative estimate of drug-likeness (QED) is 0.829. The van der Waals surface area contributed by atoms with E-state index in [0.29, 0.717) is 19.2 Å².